The normalized spacial score (nSPS) is 11.6. The molecule has 0 saturated heterocycles. The predicted molar refractivity (Wildman–Crippen MR) is 106 cm³/mol. The van der Waals surface area contributed by atoms with E-state index in [1.54, 1.807) is 11.1 Å². The van der Waals surface area contributed by atoms with Crippen LogP contribution in [0.25, 0.3) is 0 Å². The van der Waals surface area contributed by atoms with Gasteiger partial charge in [-0.2, -0.15) is 5.11 Å². The first-order valence-electron chi connectivity index (χ1n) is 8.95. The van der Waals surface area contributed by atoms with E-state index < -0.39 is 0 Å². The first kappa shape index (κ1) is 21.6. The fourth-order valence-electron chi connectivity index (χ4n) is 2.26. The standard InChI is InChI=1S/C18H31N5OS/c1-6-10-22(7-2)11-12-23(17-9-8-16(5)13-19-17)18(24)14-25-21-20-15(3)4/h8-9,13,15H,6-7,10-12,14H2,1-5H3. The molecule has 0 aromatic carbocycles. The molecule has 0 atom stereocenters. The number of aromatic nitrogens is 1. The minimum atomic E-state index is 0.0108. The molecule has 0 bridgehead atoms. The van der Waals surface area contributed by atoms with E-state index in [0.29, 0.717) is 12.4 Å². The molecule has 140 valence electrons. The van der Waals surface area contributed by atoms with Crippen LogP contribution in [0.2, 0.25) is 0 Å². The molecule has 1 amide bonds. The Morgan fingerprint density at radius 3 is 2.56 bits per heavy atom. The highest BCUT2D eigenvalue weighted by atomic mass is 32.2. The molecule has 1 aromatic heterocycles. The molecule has 0 aliphatic carbocycles. The Morgan fingerprint density at radius 2 is 2.00 bits per heavy atom. The van der Waals surface area contributed by atoms with Gasteiger partial charge in [0.15, 0.2) is 0 Å². The predicted octanol–water partition coefficient (Wildman–Crippen LogP) is 3.96. The number of hydrogen-bond acceptors (Lipinski definition) is 6. The molecular weight excluding hydrogens is 334 g/mol. The largest absolute Gasteiger partial charge is 0.302 e. The summed E-state index contributed by atoms with van der Waals surface area (Å²) in [4.78, 5) is 21.2. The van der Waals surface area contributed by atoms with Crippen LogP contribution in [0.4, 0.5) is 5.82 Å². The Balaban J connectivity index is 2.76. The average Bonchev–Trinajstić information content (AvgIpc) is 2.59. The van der Waals surface area contributed by atoms with Gasteiger partial charge in [0.1, 0.15) is 5.82 Å². The van der Waals surface area contributed by atoms with E-state index in [1.165, 1.54) is 11.9 Å². The number of pyridine rings is 1. The van der Waals surface area contributed by atoms with Crippen molar-refractivity contribution in [2.75, 3.05) is 36.8 Å². The van der Waals surface area contributed by atoms with Gasteiger partial charge in [0.25, 0.3) is 0 Å². The van der Waals surface area contributed by atoms with Crippen molar-refractivity contribution in [1.29, 1.82) is 0 Å². The summed E-state index contributed by atoms with van der Waals surface area (Å²) in [6.07, 6.45) is 2.90. The van der Waals surface area contributed by atoms with E-state index in [-0.39, 0.29) is 17.7 Å². The number of rotatable bonds is 11. The van der Waals surface area contributed by atoms with Gasteiger partial charge in [0.2, 0.25) is 5.91 Å². The lowest BCUT2D eigenvalue weighted by molar-refractivity contribution is -0.116. The van der Waals surface area contributed by atoms with Crippen LogP contribution in [0.15, 0.2) is 28.0 Å². The number of likely N-dealkylation sites (N-methyl/N-ethyl adjacent to an activating group) is 1. The summed E-state index contributed by atoms with van der Waals surface area (Å²) < 4.78 is 4.01. The zero-order valence-corrected chi connectivity index (χ0v) is 16.9. The molecule has 6 nitrogen and oxygen atoms in total. The number of anilines is 1. The van der Waals surface area contributed by atoms with Crippen molar-refractivity contribution in [1.82, 2.24) is 9.88 Å². The van der Waals surface area contributed by atoms with Crippen molar-refractivity contribution in [3.05, 3.63) is 23.9 Å². The van der Waals surface area contributed by atoms with Gasteiger partial charge in [-0.1, -0.05) is 19.9 Å². The number of amides is 1. The monoisotopic (exact) mass is 365 g/mol. The van der Waals surface area contributed by atoms with Gasteiger partial charge in [0, 0.05) is 31.2 Å². The molecule has 0 radical (unpaired) electrons. The number of aryl methyl sites for hydroxylation is 1. The third kappa shape index (κ3) is 8.45. The van der Waals surface area contributed by atoms with Gasteiger partial charge in [-0.25, -0.2) is 4.98 Å². The maximum atomic E-state index is 12.7. The Labute approximate surface area is 156 Å². The second-order valence-electron chi connectivity index (χ2n) is 6.24. The van der Waals surface area contributed by atoms with Crippen LogP contribution in [0.5, 0.6) is 0 Å². The second-order valence-corrected chi connectivity index (χ2v) is 6.95. The summed E-state index contributed by atoms with van der Waals surface area (Å²) in [5, 5.41) is 4.05. The highest BCUT2D eigenvalue weighted by molar-refractivity contribution is 7.98. The number of nitrogens with zero attached hydrogens (tertiary/aromatic N) is 5. The summed E-state index contributed by atoms with van der Waals surface area (Å²) in [5.41, 5.74) is 1.08. The van der Waals surface area contributed by atoms with Gasteiger partial charge in [-0.05, 0) is 51.9 Å². The molecule has 0 spiro atoms. The van der Waals surface area contributed by atoms with Crippen molar-refractivity contribution in [2.24, 2.45) is 9.63 Å². The highest BCUT2D eigenvalue weighted by Crippen LogP contribution is 2.14. The zero-order chi connectivity index (χ0) is 18.7. The van der Waals surface area contributed by atoms with E-state index in [4.69, 9.17) is 0 Å². The van der Waals surface area contributed by atoms with Crippen LogP contribution in [0, 0.1) is 6.92 Å². The van der Waals surface area contributed by atoms with Crippen LogP contribution < -0.4 is 4.90 Å². The molecule has 1 heterocycles. The SMILES string of the molecule is CCCN(CC)CCN(C(=O)CSN=NC(C)C)c1ccc(C)cn1. The smallest absolute Gasteiger partial charge is 0.240 e. The highest BCUT2D eigenvalue weighted by Gasteiger charge is 2.18. The van der Waals surface area contributed by atoms with Crippen LogP contribution >= 0.6 is 11.9 Å². The topological polar surface area (TPSA) is 61.2 Å². The van der Waals surface area contributed by atoms with E-state index in [9.17, 15) is 4.79 Å². The quantitative estimate of drug-likeness (QED) is 0.440. The van der Waals surface area contributed by atoms with Gasteiger partial charge < -0.3 is 4.90 Å². The van der Waals surface area contributed by atoms with E-state index in [0.717, 1.165) is 31.6 Å². The van der Waals surface area contributed by atoms with Crippen molar-refractivity contribution < 1.29 is 4.79 Å². The molecule has 1 rings (SSSR count). The van der Waals surface area contributed by atoms with Gasteiger partial charge >= 0.3 is 0 Å². The first-order valence-corrected chi connectivity index (χ1v) is 9.89. The minimum absolute atomic E-state index is 0.0108. The second kappa shape index (κ2) is 12.0. The third-order valence-electron chi connectivity index (χ3n) is 3.62. The van der Waals surface area contributed by atoms with Crippen LogP contribution in [0.1, 0.15) is 39.7 Å². The summed E-state index contributed by atoms with van der Waals surface area (Å²) in [7, 11) is 0. The molecule has 1 aromatic rings. The van der Waals surface area contributed by atoms with E-state index in [2.05, 4.69) is 33.4 Å². The lowest BCUT2D eigenvalue weighted by atomic mass is 10.3. The Bertz CT molecular complexity index is 533. The van der Waals surface area contributed by atoms with E-state index in [1.807, 2.05) is 32.9 Å². The molecule has 0 fully saturated rings. The van der Waals surface area contributed by atoms with Gasteiger partial charge in [-0.15, -0.1) is 4.52 Å². The summed E-state index contributed by atoms with van der Waals surface area (Å²) in [5.74, 6) is 0.979. The van der Waals surface area contributed by atoms with Crippen molar-refractivity contribution in [3.63, 3.8) is 0 Å². The van der Waals surface area contributed by atoms with Crippen LogP contribution in [-0.2, 0) is 4.79 Å². The lowest BCUT2D eigenvalue weighted by Crippen LogP contribution is -2.40. The van der Waals surface area contributed by atoms with Gasteiger partial charge in [-0.3, -0.25) is 9.69 Å². The average molecular weight is 366 g/mol. The molecular formula is C18H31N5OS. The molecule has 0 aliphatic rings. The third-order valence-corrected chi connectivity index (χ3v) is 4.21. The molecule has 0 unspecified atom stereocenters. The maximum absolute atomic E-state index is 12.7. The molecule has 25 heavy (non-hydrogen) atoms. The fourth-order valence-corrected chi connectivity index (χ4v) is 2.84. The van der Waals surface area contributed by atoms with Gasteiger partial charge in [0.05, 0.1) is 11.8 Å². The van der Waals surface area contributed by atoms with E-state index >= 15 is 0 Å². The Hall–Kier alpha value is -1.47. The first-order chi connectivity index (χ1) is 12.0. The summed E-state index contributed by atoms with van der Waals surface area (Å²) in [6, 6.07) is 4.03. The number of carbonyl (C=O) groups is 1. The zero-order valence-electron chi connectivity index (χ0n) is 16.1. The van der Waals surface area contributed by atoms with Crippen LogP contribution in [0.3, 0.4) is 0 Å². The number of carbonyl (C=O) groups excluding carboxylic acids is 1. The number of hydrogen-bond donors (Lipinski definition) is 0. The van der Waals surface area contributed by atoms with Crippen molar-refractivity contribution in [3.8, 4) is 0 Å². The minimum Gasteiger partial charge on any atom is -0.302 e. The maximum Gasteiger partial charge on any atom is 0.240 e. The Kier molecular flexibility index (Phi) is 10.3. The fraction of sp³-hybridized carbons (Fsp3) is 0.667. The summed E-state index contributed by atoms with van der Waals surface area (Å²) >= 11 is 1.19. The summed E-state index contributed by atoms with van der Waals surface area (Å²) in [6.45, 7) is 13.7. The van der Waals surface area contributed by atoms with Crippen molar-refractivity contribution in [2.45, 2.75) is 47.1 Å². The lowest BCUT2D eigenvalue weighted by Gasteiger charge is -2.26. The van der Waals surface area contributed by atoms with Crippen LogP contribution in [-0.4, -0.2) is 53.8 Å². The van der Waals surface area contributed by atoms with Crippen molar-refractivity contribution >= 4 is 23.7 Å². The molecule has 0 N–H and O–H groups in total. The molecule has 0 aliphatic heterocycles. The molecule has 7 heteroatoms. The Morgan fingerprint density at radius 1 is 1.24 bits per heavy atom. The molecule has 0 saturated carbocycles.